The van der Waals surface area contributed by atoms with Gasteiger partial charge in [-0.1, -0.05) is 30.3 Å². The lowest BCUT2D eigenvalue weighted by Gasteiger charge is -2.38. The summed E-state index contributed by atoms with van der Waals surface area (Å²) in [7, 11) is 0. The third-order valence-corrected chi connectivity index (χ3v) is 5.12. The molecule has 126 valence electrons. The summed E-state index contributed by atoms with van der Waals surface area (Å²) < 4.78 is 0. The molecule has 0 atom stereocenters. The summed E-state index contributed by atoms with van der Waals surface area (Å²) in [6.45, 7) is 6.13. The van der Waals surface area contributed by atoms with Gasteiger partial charge in [0, 0.05) is 31.6 Å². The molecule has 5 nitrogen and oxygen atoms in total. The van der Waals surface area contributed by atoms with Gasteiger partial charge in [0.1, 0.15) is 5.69 Å². The second-order valence-corrected chi connectivity index (χ2v) is 7.17. The van der Waals surface area contributed by atoms with Gasteiger partial charge in [-0.25, -0.2) is 4.98 Å². The van der Waals surface area contributed by atoms with Crippen molar-refractivity contribution in [3.8, 4) is 0 Å². The highest BCUT2D eigenvalue weighted by Crippen LogP contribution is 2.26. The molecule has 0 aliphatic carbocycles. The first-order chi connectivity index (χ1) is 11.5. The Balaban J connectivity index is 1.64. The van der Waals surface area contributed by atoms with Crippen LogP contribution in [0.15, 0.2) is 41.2 Å². The van der Waals surface area contributed by atoms with Gasteiger partial charge >= 0.3 is 0 Å². The maximum atomic E-state index is 12.9. The molecule has 0 unspecified atom stereocenters. The van der Waals surface area contributed by atoms with Gasteiger partial charge in [0.15, 0.2) is 0 Å². The molecule has 0 saturated carbocycles. The van der Waals surface area contributed by atoms with Crippen molar-refractivity contribution in [3.63, 3.8) is 0 Å². The lowest BCUT2D eigenvalue weighted by molar-refractivity contribution is -0.137. The Morgan fingerprint density at radius 1 is 1.04 bits per heavy atom. The van der Waals surface area contributed by atoms with Gasteiger partial charge < -0.3 is 9.80 Å². The number of piperazine rings is 1. The highest BCUT2D eigenvalue weighted by molar-refractivity contribution is 7.07. The number of hydrogen-bond acceptors (Lipinski definition) is 4. The maximum Gasteiger partial charge on any atom is 0.273 e. The Morgan fingerprint density at radius 3 is 2.25 bits per heavy atom. The number of nitrogens with zero attached hydrogens (tertiary/aromatic N) is 3. The molecule has 1 saturated heterocycles. The molecular weight excluding hydrogens is 322 g/mol. The number of thiazole rings is 1. The Bertz CT molecular complexity index is 705. The number of hydrogen-bond donors (Lipinski definition) is 0. The lowest BCUT2D eigenvalue weighted by atomic mass is 9.83. The molecule has 1 aromatic carbocycles. The second-order valence-electron chi connectivity index (χ2n) is 6.45. The quantitative estimate of drug-likeness (QED) is 0.860. The average Bonchev–Trinajstić information content (AvgIpc) is 3.16. The molecule has 2 heterocycles. The Morgan fingerprint density at radius 2 is 1.67 bits per heavy atom. The van der Waals surface area contributed by atoms with Crippen molar-refractivity contribution in [3.05, 3.63) is 52.5 Å². The largest absolute Gasteiger partial charge is 0.338 e. The summed E-state index contributed by atoms with van der Waals surface area (Å²) in [5, 5.41) is 1.76. The van der Waals surface area contributed by atoms with Crippen LogP contribution in [0.3, 0.4) is 0 Å². The minimum absolute atomic E-state index is 0.0503. The Kier molecular flexibility index (Phi) is 4.66. The molecule has 0 spiro atoms. The minimum atomic E-state index is -0.567. The molecule has 3 rings (SSSR count). The number of carbonyl (C=O) groups excluding carboxylic acids is 2. The molecule has 0 bridgehead atoms. The van der Waals surface area contributed by atoms with Crippen LogP contribution >= 0.6 is 11.3 Å². The molecule has 1 aliphatic heterocycles. The molecule has 1 aromatic heterocycles. The summed E-state index contributed by atoms with van der Waals surface area (Å²) in [5.41, 5.74) is 2.60. The van der Waals surface area contributed by atoms with E-state index in [1.54, 1.807) is 15.8 Å². The van der Waals surface area contributed by atoms with Crippen LogP contribution in [0, 0.1) is 0 Å². The molecule has 6 heteroatoms. The van der Waals surface area contributed by atoms with E-state index in [0.29, 0.717) is 31.9 Å². The molecule has 0 radical (unpaired) electrons. The minimum Gasteiger partial charge on any atom is -0.338 e. The van der Waals surface area contributed by atoms with Crippen LogP contribution < -0.4 is 0 Å². The summed E-state index contributed by atoms with van der Waals surface area (Å²) in [5.74, 6) is 0.0557. The fourth-order valence-electron chi connectivity index (χ4n) is 2.97. The zero-order valence-electron chi connectivity index (χ0n) is 13.9. The van der Waals surface area contributed by atoms with Crippen molar-refractivity contribution in [2.75, 3.05) is 26.2 Å². The zero-order chi connectivity index (χ0) is 17.2. The Labute approximate surface area is 145 Å². The van der Waals surface area contributed by atoms with E-state index in [9.17, 15) is 9.59 Å². The maximum absolute atomic E-state index is 12.9. The van der Waals surface area contributed by atoms with Crippen molar-refractivity contribution >= 4 is 23.2 Å². The lowest BCUT2D eigenvalue weighted by Crippen LogP contribution is -2.54. The van der Waals surface area contributed by atoms with Gasteiger partial charge in [-0.15, -0.1) is 11.3 Å². The van der Waals surface area contributed by atoms with Crippen LogP contribution in [-0.2, 0) is 10.2 Å². The van der Waals surface area contributed by atoms with E-state index in [2.05, 4.69) is 4.98 Å². The van der Waals surface area contributed by atoms with Crippen molar-refractivity contribution in [2.45, 2.75) is 19.3 Å². The predicted molar refractivity (Wildman–Crippen MR) is 94.1 cm³/mol. The number of amides is 2. The highest BCUT2D eigenvalue weighted by atomic mass is 32.1. The van der Waals surface area contributed by atoms with E-state index in [-0.39, 0.29) is 11.8 Å². The molecule has 0 N–H and O–H groups in total. The first-order valence-electron chi connectivity index (χ1n) is 8.02. The number of benzene rings is 1. The smallest absolute Gasteiger partial charge is 0.273 e. The van der Waals surface area contributed by atoms with Crippen LogP contribution in [0.4, 0.5) is 0 Å². The van der Waals surface area contributed by atoms with Gasteiger partial charge in [-0.05, 0) is 19.4 Å². The third-order valence-electron chi connectivity index (χ3n) is 4.54. The summed E-state index contributed by atoms with van der Waals surface area (Å²) in [4.78, 5) is 33.0. The van der Waals surface area contributed by atoms with E-state index in [1.165, 1.54) is 11.3 Å². The SMILES string of the molecule is CC(C)(C(=O)N1CCN(C(=O)c2cscn2)CC1)c1ccccc1. The highest BCUT2D eigenvalue weighted by Gasteiger charge is 2.35. The summed E-state index contributed by atoms with van der Waals surface area (Å²) >= 11 is 1.42. The van der Waals surface area contributed by atoms with E-state index in [4.69, 9.17) is 0 Å². The van der Waals surface area contributed by atoms with Crippen molar-refractivity contribution in [1.29, 1.82) is 0 Å². The van der Waals surface area contributed by atoms with Gasteiger partial charge in [-0.3, -0.25) is 9.59 Å². The second kappa shape index (κ2) is 6.73. The van der Waals surface area contributed by atoms with Crippen LogP contribution in [0.2, 0.25) is 0 Å². The van der Waals surface area contributed by atoms with Crippen LogP contribution in [-0.4, -0.2) is 52.8 Å². The first kappa shape index (κ1) is 16.6. The number of rotatable bonds is 3. The van der Waals surface area contributed by atoms with Gasteiger partial charge in [-0.2, -0.15) is 0 Å². The van der Waals surface area contributed by atoms with Crippen LogP contribution in [0.1, 0.15) is 29.9 Å². The predicted octanol–water partition coefficient (Wildman–Crippen LogP) is 2.41. The fourth-order valence-corrected chi connectivity index (χ4v) is 3.49. The number of aromatic nitrogens is 1. The molecule has 1 fully saturated rings. The normalized spacial score (nSPS) is 15.4. The molecule has 2 aromatic rings. The van der Waals surface area contributed by atoms with Gasteiger partial charge in [0.25, 0.3) is 5.91 Å². The van der Waals surface area contributed by atoms with E-state index < -0.39 is 5.41 Å². The molecular formula is C18H21N3O2S. The summed E-state index contributed by atoms with van der Waals surface area (Å²) in [6, 6.07) is 9.83. The van der Waals surface area contributed by atoms with Crippen LogP contribution in [0.5, 0.6) is 0 Å². The average molecular weight is 343 g/mol. The van der Waals surface area contributed by atoms with E-state index >= 15 is 0 Å². The van der Waals surface area contributed by atoms with Crippen molar-refractivity contribution in [2.24, 2.45) is 0 Å². The van der Waals surface area contributed by atoms with Crippen molar-refractivity contribution in [1.82, 2.24) is 14.8 Å². The van der Waals surface area contributed by atoms with Crippen molar-refractivity contribution < 1.29 is 9.59 Å². The van der Waals surface area contributed by atoms with Gasteiger partial charge in [0.05, 0.1) is 10.9 Å². The topological polar surface area (TPSA) is 53.5 Å². The Hall–Kier alpha value is -2.21. The standard InChI is InChI=1S/C18H21N3O2S/c1-18(2,14-6-4-3-5-7-14)17(23)21-10-8-20(9-11-21)16(22)15-12-24-13-19-15/h3-7,12-13H,8-11H2,1-2H3. The zero-order valence-corrected chi connectivity index (χ0v) is 14.8. The third kappa shape index (κ3) is 3.19. The van der Waals surface area contributed by atoms with Gasteiger partial charge in [0.2, 0.25) is 5.91 Å². The molecule has 2 amide bonds. The fraction of sp³-hybridized carbons (Fsp3) is 0.389. The molecule has 1 aliphatic rings. The van der Waals surface area contributed by atoms with E-state index in [1.807, 2.05) is 49.1 Å². The monoisotopic (exact) mass is 343 g/mol. The first-order valence-corrected chi connectivity index (χ1v) is 8.97. The van der Waals surface area contributed by atoms with E-state index in [0.717, 1.165) is 5.56 Å². The molecule has 24 heavy (non-hydrogen) atoms. The number of carbonyl (C=O) groups is 2. The summed E-state index contributed by atoms with van der Waals surface area (Å²) in [6.07, 6.45) is 0. The van der Waals surface area contributed by atoms with Crippen LogP contribution in [0.25, 0.3) is 0 Å².